The zero-order chi connectivity index (χ0) is 16.7. The lowest BCUT2D eigenvalue weighted by atomic mass is 10.1. The van der Waals surface area contributed by atoms with Crippen molar-refractivity contribution >= 4 is 33.9 Å². The summed E-state index contributed by atoms with van der Waals surface area (Å²) in [4.78, 5) is 19.8. The van der Waals surface area contributed by atoms with Gasteiger partial charge in [0.25, 0.3) is 0 Å². The molecule has 3 N–H and O–H groups in total. The first-order chi connectivity index (χ1) is 11.6. The van der Waals surface area contributed by atoms with Crippen LogP contribution in [0.3, 0.4) is 0 Å². The van der Waals surface area contributed by atoms with E-state index in [2.05, 4.69) is 9.97 Å². The fourth-order valence-electron chi connectivity index (χ4n) is 2.91. The number of benzene rings is 2. The van der Waals surface area contributed by atoms with Gasteiger partial charge in [0.1, 0.15) is 0 Å². The summed E-state index contributed by atoms with van der Waals surface area (Å²) in [6, 6.07) is 14.8. The largest absolute Gasteiger partial charge is 0.478 e. The Balaban J connectivity index is 1.84. The Kier molecular flexibility index (Phi) is 3.16. The number of hydrogen-bond donors (Lipinski definition) is 2. The van der Waals surface area contributed by atoms with Crippen LogP contribution in [-0.4, -0.2) is 25.6 Å². The molecule has 6 heteroatoms. The molecule has 2 heterocycles. The first-order valence-corrected chi connectivity index (χ1v) is 7.45. The molecule has 0 aliphatic rings. The molecule has 0 amide bonds. The molecule has 0 spiro atoms. The van der Waals surface area contributed by atoms with E-state index < -0.39 is 5.97 Å². The summed E-state index contributed by atoms with van der Waals surface area (Å²) < 4.78 is 1.87. The van der Waals surface area contributed by atoms with Crippen LogP contribution < -0.4 is 5.73 Å². The van der Waals surface area contributed by atoms with Crippen molar-refractivity contribution in [2.75, 3.05) is 5.73 Å². The van der Waals surface area contributed by atoms with Gasteiger partial charge >= 0.3 is 5.97 Å². The number of para-hydroxylation sites is 1. The monoisotopic (exact) mass is 318 g/mol. The van der Waals surface area contributed by atoms with Crippen LogP contribution in [0.15, 0.2) is 54.7 Å². The number of carboxylic acid groups (broad SMARTS) is 1. The molecule has 0 saturated heterocycles. The van der Waals surface area contributed by atoms with Gasteiger partial charge in [-0.1, -0.05) is 24.3 Å². The van der Waals surface area contributed by atoms with Crippen LogP contribution in [0.25, 0.3) is 21.9 Å². The number of nitrogens with zero attached hydrogens (tertiary/aromatic N) is 3. The highest BCUT2D eigenvalue weighted by Gasteiger charge is 2.13. The molecule has 118 valence electrons. The van der Waals surface area contributed by atoms with Crippen LogP contribution in [0.5, 0.6) is 0 Å². The van der Waals surface area contributed by atoms with Gasteiger partial charge in [0.05, 0.1) is 28.7 Å². The number of nitrogens with two attached hydrogens (primary N) is 1. The first-order valence-electron chi connectivity index (χ1n) is 7.45. The molecule has 0 fully saturated rings. The normalized spacial score (nSPS) is 11.2. The number of carbonyl (C=O) groups is 1. The van der Waals surface area contributed by atoms with Crippen molar-refractivity contribution in [1.29, 1.82) is 0 Å². The Morgan fingerprint density at radius 2 is 2.00 bits per heavy atom. The standard InChI is InChI=1S/C18H14N4O2/c19-18-21-14-9-12(17(23)24)6-7-15(14)22(18)10-13-4-1-3-11-5-2-8-20-16(11)13/h1-9H,10H2,(H2,19,21)(H,23,24). The summed E-state index contributed by atoms with van der Waals surface area (Å²) in [5, 5.41) is 10.2. The van der Waals surface area contributed by atoms with Crippen molar-refractivity contribution in [3.8, 4) is 0 Å². The number of anilines is 1. The quantitative estimate of drug-likeness (QED) is 0.605. The molecule has 0 saturated carbocycles. The fraction of sp³-hybridized carbons (Fsp3) is 0.0556. The minimum absolute atomic E-state index is 0.193. The summed E-state index contributed by atoms with van der Waals surface area (Å²) >= 11 is 0. The van der Waals surface area contributed by atoms with Gasteiger partial charge in [-0.15, -0.1) is 0 Å². The van der Waals surface area contributed by atoms with E-state index in [0.29, 0.717) is 18.0 Å². The third-order valence-corrected chi connectivity index (χ3v) is 4.07. The van der Waals surface area contributed by atoms with Crippen LogP contribution in [0.1, 0.15) is 15.9 Å². The summed E-state index contributed by atoms with van der Waals surface area (Å²) in [7, 11) is 0. The first kappa shape index (κ1) is 14.2. The maximum Gasteiger partial charge on any atom is 0.335 e. The number of pyridine rings is 1. The highest BCUT2D eigenvalue weighted by atomic mass is 16.4. The summed E-state index contributed by atoms with van der Waals surface area (Å²) in [6.07, 6.45) is 1.76. The number of carboxylic acids is 1. The Hall–Kier alpha value is -3.41. The average Bonchev–Trinajstić information content (AvgIpc) is 2.90. The lowest BCUT2D eigenvalue weighted by Crippen LogP contribution is -2.05. The average molecular weight is 318 g/mol. The van der Waals surface area contributed by atoms with E-state index in [1.54, 1.807) is 18.3 Å². The molecule has 0 aliphatic heterocycles. The minimum atomic E-state index is -0.983. The molecular weight excluding hydrogens is 304 g/mol. The van der Waals surface area contributed by atoms with Crippen LogP contribution in [0.2, 0.25) is 0 Å². The van der Waals surface area contributed by atoms with Crippen molar-refractivity contribution in [2.24, 2.45) is 0 Å². The molecular formula is C18H14N4O2. The van der Waals surface area contributed by atoms with Crippen molar-refractivity contribution in [3.05, 3.63) is 65.9 Å². The van der Waals surface area contributed by atoms with Crippen LogP contribution >= 0.6 is 0 Å². The minimum Gasteiger partial charge on any atom is -0.478 e. The summed E-state index contributed by atoms with van der Waals surface area (Å²) in [5.41, 5.74) is 9.56. The van der Waals surface area contributed by atoms with Gasteiger partial charge in [0.2, 0.25) is 5.95 Å². The smallest absolute Gasteiger partial charge is 0.335 e. The van der Waals surface area contributed by atoms with E-state index in [-0.39, 0.29) is 5.56 Å². The van der Waals surface area contributed by atoms with Gasteiger partial charge in [-0.3, -0.25) is 4.98 Å². The Labute approximate surface area is 137 Å². The molecule has 24 heavy (non-hydrogen) atoms. The Morgan fingerprint density at radius 3 is 2.83 bits per heavy atom. The molecule has 0 bridgehead atoms. The second kappa shape index (κ2) is 5.34. The van der Waals surface area contributed by atoms with E-state index >= 15 is 0 Å². The topological polar surface area (TPSA) is 94.0 Å². The van der Waals surface area contributed by atoms with Gasteiger partial charge in [0, 0.05) is 11.6 Å². The Morgan fingerprint density at radius 1 is 1.17 bits per heavy atom. The number of fused-ring (bicyclic) bond motifs is 2. The lowest BCUT2D eigenvalue weighted by Gasteiger charge is -2.09. The molecule has 4 rings (SSSR count). The van der Waals surface area contributed by atoms with Gasteiger partial charge in [0.15, 0.2) is 0 Å². The van der Waals surface area contributed by atoms with Gasteiger partial charge in [-0.05, 0) is 29.8 Å². The van der Waals surface area contributed by atoms with Crippen molar-refractivity contribution < 1.29 is 9.90 Å². The zero-order valence-electron chi connectivity index (χ0n) is 12.7. The molecule has 2 aromatic heterocycles. The number of hydrogen-bond acceptors (Lipinski definition) is 4. The van der Waals surface area contributed by atoms with Crippen molar-refractivity contribution in [1.82, 2.24) is 14.5 Å². The molecule has 0 radical (unpaired) electrons. The lowest BCUT2D eigenvalue weighted by molar-refractivity contribution is 0.0697. The third-order valence-electron chi connectivity index (χ3n) is 4.07. The molecule has 0 atom stereocenters. The number of rotatable bonds is 3. The van der Waals surface area contributed by atoms with Crippen LogP contribution in [0.4, 0.5) is 5.95 Å². The van der Waals surface area contributed by atoms with Crippen molar-refractivity contribution in [2.45, 2.75) is 6.54 Å². The van der Waals surface area contributed by atoms with Crippen LogP contribution in [-0.2, 0) is 6.54 Å². The number of aromatic nitrogens is 3. The Bertz CT molecular complexity index is 1080. The molecule has 2 aromatic carbocycles. The highest BCUT2D eigenvalue weighted by molar-refractivity contribution is 5.93. The van der Waals surface area contributed by atoms with E-state index in [9.17, 15) is 4.79 Å². The molecule has 0 unspecified atom stereocenters. The SMILES string of the molecule is Nc1nc2cc(C(=O)O)ccc2n1Cc1cccc2cccnc12. The molecule has 0 aliphatic carbocycles. The number of nitrogen functional groups attached to an aromatic ring is 1. The predicted molar refractivity (Wildman–Crippen MR) is 91.9 cm³/mol. The van der Waals surface area contributed by atoms with Gasteiger partial charge in [-0.2, -0.15) is 0 Å². The van der Waals surface area contributed by atoms with E-state index in [1.807, 2.05) is 34.9 Å². The van der Waals surface area contributed by atoms with Crippen molar-refractivity contribution in [3.63, 3.8) is 0 Å². The summed E-state index contributed by atoms with van der Waals surface area (Å²) in [5.74, 6) is -0.635. The fourth-order valence-corrected chi connectivity index (χ4v) is 2.91. The number of aromatic carboxylic acids is 1. The maximum atomic E-state index is 11.1. The number of imidazole rings is 1. The third kappa shape index (κ3) is 2.25. The van der Waals surface area contributed by atoms with E-state index in [4.69, 9.17) is 10.8 Å². The highest BCUT2D eigenvalue weighted by Crippen LogP contribution is 2.23. The van der Waals surface area contributed by atoms with Gasteiger partial charge < -0.3 is 15.4 Å². The molecule has 6 nitrogen and oxygen atoms in total. The van der Waals surface area contributed by atoms with Gasteiger partial charge in [-0.25, -0.2) is 9.78 Å². The molecule has 4 aromatic rings. The van der Waals surface area contributed by atoms with Crippen LogP contribution in [0, 0.1) is 0 Å². The second-order valence-electron chi connectivity index (χ2n) is 5.56. The summed E-state index contributed by atoms with van der Waals surface area (Å²) in [6.45, 7) is 0.517. The second-order valence-corrected chi connectivity index (χ2v) is 5.56. The predicted octanol–water partition coefficient (Wildman–Crippen LogP) is 2.91. The van der Waals surface area contributed by atoms with E-state index in [1.165, 1.54) is 6.07 Å². The zero-order valence-corrected chi connectivity index (χ0v) is 12.7. The maximum absolute atomic E-state index is 11.1. The van der Waals surface area contributed by atoms with E-state index in [0.717, 1.165) is 22.0 Å².